The van der Waals surface area contributed by atoms with Crippen LogP contribution in [0.3, 0.4) is 0 Å². The molecule has 0 saturated heterocycles. The molecule has 2 aromatic rings. The lowest BCUT2D eigenvalue weighted by Crippen LogP contribution is -2.16. The summed E-state index contributed by atoms with van der Waals surface area (Å²) in [4.78, 5) is 1.10. The molecule has 0 aliphatic heterocycles. The molecular formula is C12H16ClN3S2. The summed E-state index contributed by atoms with van der Waals surface area (Å²) in [6.07, 6.45) is 3.29. The van der Waals surface area contributed by atoms with E-state index >= 15 is 0 Å². The molecule has 1 N–H and O–H groups in total. The summed E-state index contributed by atoms with van der Waals surface area (Å²) >= 11 is 9.13. The third kappa shape index (κ3) is 4.02. The van der Waals surface area contributed by atoms with Crippen LogP contribution in [0, 0.1) is 0 Å². The summed E-state index contributed by atoms with van der Waals surface area (Å²) in [5.74, 6) is 0. The van der Waals surface area contributed by atoms with Crippen LogP contribution in [-0.2, 0) is 6.42 Å². The van der Waals surface area contributed by atoms with Crippen LogP contribution < -0.4 is 5.32 Å². The topological polar surface area (TPSA) is 37.8 Å². The SMILES string of the molecule is CCCNCCCc1nnc(-c2ccc(Cl)s2)s1. The Morgan fingerprint density at radius 1 is 1.22 bits per heavy atom. The molecule has 0 fully saturated rings. The summed E-state index contributed by atoms with van der Waals surface area (Å²) < 4.78 is 0.797. The molecule has 0 unspecified atom stereocenters. The van der Waals surface area contributed by atoms with E-state index in [0.29, 0.717) is 0 Å². The summed E-state index contributed by atoms with van der Waals surface area (Å²) in [6.45, 7) is 4.32. The van der Waals surface area contributed by atoms with E-state index in [1.165, 1.54) is 6.42 Å². The monoisotopic (exact) mass is 301 g/mol. The quantitative estimate of drug-likeness (QED) is 0.789. The Hall–Kier alpha value is -0.490. The highest BCUT2D eigenvalue weighted by Crippen LogP contribution is 2.32. The van der Waals surface area contributed by atoms with E-state index in [-0.39, 0.29) is 0 Å². The van der Waals surface area contributed by atoms with E-state index in [0.717, 1.165) is 45.2 Å². The van der Waals surface area contributed by atoms with Gasteiger partial charge in [-0.3, -0.25) is 0 Å². The first-order valence-electron chi connectivity index (χ1n) is 6.08. The third-order valence-corrected chi connectivity index (χ3v) is 4.81. The van der Waals surface area contributed by atoms with Gasteiger partial charge in [0.05, 0.1) is 9.21 Å². The van der Waals surface area contributed by atoms with Gasteiger partial charge in [-0.15, -0.1) is 21.5 Å². The molecule has 0 saturated carbocycles. The van der Waals surface area contributed by atoms with Crippen LogP contribution in [-0.4, -0.2) is 23.3 Å². The predicted molar refractivity (Wildman–Crippen MR) is 79.7 cm³/mol. The first-order valence-corrected chi connectivity index (χ1v) is 8.09. The zero-order chi connectivity index (χ0) is 12.8. The fourth-order valence-electron chi connectivity index (χ4n) is 1.55. The van der Waals surface area contributed by atoms with Crippen LogP contribution in [0.2, 0.25) is 4.34 Å². The first-order chi connectivity index (χ1) is 8.79. The molecule has 0 amide bonds. The minimum atomic E-state index is 0.797. The van der Waals surface area contributed by atoms with Crippen LogP contribution in [0.15, 0.2) is 12.1 Å². The highest BCUT2D eigenvalue weighted by atomic mass is 35.5. The minimum absolute atomic E-state index is 0.797. The van der Waals surface area contributed by atoms with Crippen molar-refractivity contribution in [2.75, 3.05) is 13.1 Å². The second-order valence-electron chi connectivity index (χ2n) is 3.96. The number of aryl methyl sites for hydroxylation is 1. The smallest absolute Gasteiger partial charge is 0.157 e. The Kier molecular flexibility index (Phi) is 5.56. The number of nitrogens with zero attached hydrogens (tertiary/aromatic N) is 2. The van der Waals surface area contributed by atoms with Gasteiger partial charge in [0.1, 0.15) is 5.01 Å². The summed E-state index contributed by atoms with van der Waals surface area (Å²) in [6, 6.07) is 3.90. The molecule has 98 valence electrons. The van der Waals surface area contributed by atoms with Crippen molar-refractivity contribution >= 4 is 34.3 Å². The molecule has 0 atom stereocenters. The fraction of sp³-hybridized carbons (Fsp3) is 0.500. The Morgan fingerprint density at radius 2 is 2.11 bits per heavy atom. The van der Waals surface area contributed by atoms with E-state index < -0.39 is 0 Å². The average Bonchev–Trinajstić information content (AvgIpc) is 2.97. The lowest BCUT2D eigenvalue weighted by molar-refractivity contribution is 0.637. The molecule has 0 aliphatic rings. The Bertz CT molecular complexity index is 481. The molecule has 2 aromatic heterocycles. The summed E-state index contributed by atoms with van der Waals surface area (Å²) in [5.41, 5.74) is 0. The maximum Gasteiger partial charge on any atom is 0.157 e. The number of hydrogen-bond donors (Lipinski definition) is 1. The van der Waals surface area contributed by atoms with Gasteiger partial charge in [-0.05, 0) is 38.1 Å². The van der Waals surface area contributed by atoms with Gasteiger partial charge in [-0.25, -0.2) is 0 Å². The number of thiophene rings is 1. The molecule has 0 aromatic carbocycles. The molecule has 0 aliphatic carbocycles. The van der Waals surface area contributed by atoms with Crippen LogP contribution >= 0.6 is 34.3 Å². The van der Waals surface area contributed by atoms with Crippen LogP contribution in [0.1, 0.15) is 24.8 Å². The Labute approximate surface area is 120 Å². The van der Waals surface area contributed by atoms with Gasteiger partial charge in [-0.1, -0.05) is 29.9 Å². The van der Waals surface area contributed by atoms with E-state index in [1.807, 2.05) is 12.1 Å². The van der Waals surface area contributed by atoms with Crippen LogP contribution in [0.4, 0.5) is 0 Å². The predicted octanol–water partition coefficient (Wildman–Crippen LogP) is 3.85. The van der Waals surface area contributed by atoms with Crippen LogP contribution in [0.5, 0.6) is 0 Å². The first kappa shape index (κ1) is 13.9. The number of nitrogens with one attached hydrogen (secondary N) is 1. The standard InChI is InChI=1S/C12H16ClN3S2/c1-2-7-14-8-3-4-11-15-16-12(18-11)9-5-6-10(13)17-9/h5-6,14H,2-4,7-8H2,1H3. The zero-order valence-corrected chi connectivity index (χ0v) is 12.7. The average molecular weight is 302 g/mol. The van der Waals surface area contributed by atoms with Gasteiger partial charge in [-0.2, -0.15) is 0 Å². The van der Waals surface area contributed by atoms with Gasteiger partial charge in [0.15, 0.2) is 5.01 Å². The fourth-order valence-corrected chi connectivity index (χ4v) is 3.52. The van der Waals surface area contributed by atoms with Crippen molar-refractivity contribution < 1.29 is 0 Å². The van der Waals surface area contributed by atoms with Gasteiger partial charge >= 0.3 is 0 Å². The highest BCUT2D eigenvalue weighted by Gasteiger charge is 2.08. The molecule has 3 nitrogen and oxygen atoms in total. The maximum atomic E-state index is 5.92. The highest BCUT2D eigenvalue weighted by molar-refractivity contribution is 7.23. The number of halogens is 1. The van der Waals surface area contributed by atoms with E-state index in [4.69, 9.17) is 11.6 Å². The Balaban J connectivity index is 1.83. The van der Waals surface area contributed by atoms with Gasteiger partial charge in [0.25, 0.3) is 0 Å². The molecule has 0 spiro atoms. The molecule has 0 bridgehead atoms. The Morgan fingerprint density at radius 3 is 2.83 bits per heavy atom. The number of hydrogen-bond acceptors (Lipinski definition) is 5. The van der Waals surface area contributed by atoms with Gasteiger partial charge in [0, 0.05) is 6.42 Å². The summed E-state index contributed by atoms with van der Waals surface area (Å²) in [5, 5.41) is 13.9. The van der Waals surface area contributed by atoms with Gasteiger partial charge < -0.3 is 5.32 Å². The van der Waals surface area contributed by atoms with Crippen molar-refractivity contribution in [3.8, 4) is 9.88 Å². The molecular weight excluding hydrogens is 286 g/mol. The van der Waals surface area contributed by atoms with Crippen molar-refractivity contribution in [3.63, 3.8) is 0 Å². The zero-order valence-electron chi connectivity index (χ0n) is 10.3. The van der Waals surface area contributed by atoms with Crippen LogP contribution in [0.25, 0.3) is 9.88 Å². The number of aromatic nitrogens is 2. The van der Waals surface area contributed by atoms with Crippen molar-refractivity contribution in [2.45, 2.75) is 26.2 Å². The summed E-state index contributed by atoms with van der Waals surface area (Å²) in [7, 11) is 0. The number of rotatable bonds is 7. The molecule has 0 radical (unpaired) electrons. The molecule has 2 rings (SSSR count). The second-order valence-corrected chi connectivity index (χ2v) is 6.74. The van der Waals surface area contributed by atoms with E-state index in [9.17, 15) is 0 Å². The lowest BCUT2D eigenvalue weighted by atomic mass is 10.3. The normalized spacial score (nSPS) is 11.0. The van der Waals surface area contributed by atoms with Crippen molar-refractivity contribution in [2.24, 2.45) is 0 Å². The largest absolute Gasteiger partial charge is 0.317 e. The second kappa shape index (κ2) is 7.19. The van der Waals surface area contributed by atoms with Gasteiger partial charge in [0.2, 0.25) is 0 Å². The molecule has 18 heavy (non-hydrogen) atoms. The molecule has 6 heteroatoms. The van der Waals surface area contributed by atoms with Crippen molar-refractivity contribution in [3.05, 3.63) is 21.5 Å². The lowest BCUT2D eigenvalue weighted by Gasteiger charge is -1.99. The van der Waals surface area contributed by atoms with Crippen molar-refractivity contribution in [1.29, 1.82) is 0 Å². The minimum Gasteiger partial charge on any atom is -0.317 e. The van der Waals surface area contributed by atoms with E-state index in [2.05, 4.69) is 22.4 Å². The molecule has 2 heterocycles. The maximum absolute atomic E-state index is 5.92. The van der Waals surface area contributed by atoms with E-state index in [1.54, 1.807) is 22.7 Å². The third-order valence-electron chi connectivity index (χ3n) is 2.42. The van der Waals surface area contributed by atoms with Crippen molar-refractivity contribution in [1.82, 2.24) is 15.5 Å².